The molecule has 0 aliphatic rings. The Labute approximate surface area is 114 Å². The van der Waals surface area contributed by atoms with E-state index < -0.39 is 17.8 Å². The molecule has 0 saturated carbocycles. The molecule has 1 atom stereocenters. The van der Waals surface area contributed by atoms with Crippen LogP contribution >= 0.6 is 0 Å². The maximum Gasteiger partial charge on any atom is 0.416 e. The van der Waals surface area contributed by atoms with E-state index >= 15 is 0 Å². The highest BCUT2D eigenvalue weighted by Crippen LogP contribution is 2.31. The number of hydrazine groups is 1. The van der Waals surface area contributed by atoms with Gasteiger partial charge in [0.15, 0.2) is 0 Å². The van der Waals surface area contributed by atoms with Crippen molar-refractivity contribution < 1.29 is 13.2 Å². The van der Waals surface area contributed by atoms with Crippen LogP contribution in [-0.2, 0) is 6.18 Å². The summed E-state index contributed by atoms with van der Waals surface area (Å²) in [5, 5.41) is 0. The first-order valence-electron chi connectivity index (χ1n) is 5.97. The van der Waals surface area contributed by atoms with E-state index in [2.05, 4.69) is 10.4 Å². The van der Waals surface area contributed by atoms with Crippen molar-refractivity contribution in [3.05, 3.63) is 65.0 Å². The first-order chi connectivity index (χ1) is 9.41. The van der Waals surface area contributed by atoms with Crippen molar-refractivity contribution in [1.29, 1.82) is 0 Å². The van der Waals surface area contributed by atoms with Crippen molar-refractivity contribution in [2.24, 2.45) is 5.84 Å². The number of alkyl halides is 3. The summed E-state index contributed by atoms with van der Waals surface area (Å²) in [6.07, 6.45) is -2.78. The number of aromatic nitrogens is 1. The van der Waals surface area contributed by atoms with E-state index in [1.165, 1.54) is 6.07 Å². The molecule has 3 nitrogen and oxygen atoms in total. The van der Waals surface area contributed by atoms with Gasteiger partial charge in [0.25, 0.3) is 0 Å². The van der Waals surface area contributed by atoms with Crippen LogP contribution in [-0.4, -0.2) is 4.98 Å². The molecular formula is C14H14F3N3. The minimum Gasteiger partial charge on any atom is -0.271 e. The number of nitrogens with one attached hydrogen (secondary N) is 1. The lowest BCUT2D eigenvalue weighted by Gasteiger charge is -2.17. The van der Waals surface area contributed by atoms with Gasteiger partial charge < -0.3 is 0 Å². The van der Waals surface area contributed by atoms with Crippen molar-refractivity contribution in [3.63, 3.8) is 0 Å². The summed E-state index contributed by atoms with van der Waals surface area (Å²) in [4.78, 5) is 4.16. The van der Waals surface area contributed by atoms with E-state index in [0.29, 0.717) is 11.3 Å². The van der Waals surface area contributed by atoms with E-state index in [4.69, 9.17) is 5.84 Å². The number of nitrogens with two attached hydrogens (primary N) is 1. The van der Waals surface area contributed by atoms with Crippen molar-refractivity contribution >= 4 is 0 Å². The third-order valence-electron chi connectivity index (χ3n) is 2.95. The number of rotatable bonds is 3. The fourth-order valence-corrected chi connectivity index (χ4v) is 1.96. The second kappa shape index (κ2) is 5.60. The van der Waals surface area contributed by atoms with Crippen molar-refractivity contribution in [3.8, 4) is 0 Å². The Hall–Kier alpha value is -1.92. The smallest absolute Gasteiger partial charge is 0.271 e. The Kier molecular flexibility index (Phi) is 4.06. The number of halogens is 3. The molecule has 0 saturated heterocycles. The lowest BCUT2D eigenvalue weighted by molar-refractivity contribution is -0.137. The fraction of sp³-hybridized carbons (Fsp3) is 0.214. The standard InChI is InChI=1S/C14H14F3N3/c1-9-5-6-19-12(7-9)13(20-18)10-3-2-4-11(8-10)14(15,16)17/h2-8,13,20H,18H2,1H3. The number of hydrogen-bond acceptors (Lipinski definition) is 3. The number of aryl methyl sites for hydroxylation is 1. The van der Waals surface area contributed by atoms with Gasteiger partial charge in [-0.3, -0.25) is 10.8 Å². The molecule has 20 heavy (non-hydrogen) atoms. The Morgan fingerprint density at radius 3 is 2.55 bits per heavy atom. The molecule has 0 spiro atoms. The molecule has 2 aromatic rings. The number of hydrogen-bond donors (Lipinski definition) is 2. The summed E-state index contributed by atoms with van der Waals surface area (Å²) in [6.45, 7) is 1.88. The molecule has 2 rings (SSSR count). The molecule has 0 aliphatic carbocycles. The summed E-state index contributed by atoms with van der Waals surface area (Å²) in [5.74, 6) is 5.47. The van der Waals surface area contributed by atoms with Gasteiger partial charge in [-0.25, -0.2) is 5.43 Å². The topological polar surface area (TPSA) is 50.9 Å². The molecule has 0 bridgehead atoms. The molecule has 1 unspecified atom stereocenters. The average Bonchev–Trinajstić information content (AvgIpc) is 2.39. The lowest BCUT2D eigenvalue weighted by atomic mass is 10.0. The van der Waals surface area contributed by atoms with Crippen LogP contribution in [0.4, 0.5) is 13.2 Å². The molecular weight excluding hydrogens is 267 g/mol. The number of benzene rings is 1. The summed E-state index contributed by atoms with van der Waals surface area (Å²) < 4.78 is 38.2. The summed E-state index contributed by atoms with van der Waals surface area (Å²) in [5.41, 5.74) is 3.76. The molecule has 1 aromatic heterocycles. The quantitative estimate of drug-likeness (QED) is 0.671. The van der Waals surface area contributed by atoms with Gasteiger partial charge in [0.1, 0.15) is 0 Å². The molecule has 0 fully saturated rings. The predicted molar refractivity (Wildman–Crippen MR) is 69.6 cm³/mol. The van der Waals surface area contributed by atoms with E-state index in [9.17, 15) is 13.2 Å². The van der Waals surface area contributed by atoms with E-state index in [1.54, 1.807) is 18.3 Å². The van der Waals surface area contributed by atoms with Crippen molar-refractivity contribution in [2.45, 2.75) is 19.1 Å². The highest BCUT2D eigenvalue weighted by molar-refractivity contribution is 5.33. The predicted octanol–water partition coefficient (Wildman–Crippen LogP) is 2.96. The van der Waals surface area contributed by atoms with E-state index in [-0.39, 0.29) is 0 Å². The van der Waals surface area contributed by atoms with Crippen LogP contribution in [0, 0.1) is 6.92 Å². The molecule has 0 amide bonds. The first kappa shape index (κ1) is 14.5. The van der Waals surface area contributed by atoms with Gasteiger partial charge in [-0.05, 0) is 42.3 Å². The van der Waals surface area contributed by atoms with E-state index in [0.717, 1.165) is 17.7 Å². The Balaban J connectivity index is 2.42. The minimum atomic E-state index is -4.38. The van der Waals surface area contributed by atoms with Crippen LogP contribution in [0.5, 0.6) is 0 Å². The van der Waals surface area contributed by atoms with Crippen LogP contribution < -0.4 is 11.3 Å². The van der Waals surface area contributed by atoms with Gasteiger partial charge in [-0.2, -0.15) is 13.2 Å². The van der Waals surface area contributed by atoms with Crippen LogP contribution in [0.15, 0.2) is 42.6 Å². The second-order valence-corrected chi connectivity index (χ2v) is 4.48. The molecule has 6 heteroatoms. The maximum absolute atomic E-state index is 12.7. The molecule has 0 radical (unpaired) electrons. The van der Waals surface area contributed by atoms with Crippen LogP contribution in [0.1, 0.15) is 28.4 Å². The van der Waals surface area contributed by atoms with Crippen LogP contribution in [0.3, 0.4) is 0 Å². The summed E-state index contributed by atoms with van der Waals surface area (Å²) in [7, 11) is 0. The lowest BCUT2D eigenvalue weighted by Crippen LogP contribution is -2.29. The normalized spacial score (nSPS) is 13.2. The van der Waals surface area contributed by atoms with Gasteiger partial charge in [0, 0.05) is 6.20 Å². The number of nitrogens with zero attached hydrogens (tertiary/aromatic N) is 1. The van der Waals surface area contributed by atoms with Crippen molar-refractivity contribution in [2.75, 3.05) is 0 Å². The average molecular weight is 281 g/mol. The van der Waals surface area contributed by atoms with Gasteiger partial charge in [-0.15, -0.1) is 0 Å². The summed E-state index contributed by atoms with van der Waals surface area (Å²) >= 11 is 0. The molecule has 1 aromatic carbocycles. The highest BCUT2D eigenvalue weighted by atomic mass is 19.4. The Bertz CT molecular complexity index is 596. The van der Waals surface area contributed by atoms with E-state index in [1.807, 2.05) is 13.0 Å². The zero-order valence-electron chi connectivity index (χ0n) is 10.8. The van der Waals surface area contributed by atoms with Crippen molar-refractivity contribution in [1.82, 2.24) is 10.4 Å². The minimum absolute atomic E-state index is 0.417. The molecule has 106 valence electrons. The van der Waals surface area contributed by atoms with Crippen LogP contribution in [0.2, 0.25) is 0 Å². The zero-order chi connectivity index (χ0) is 14.8. The monoisotopic (exact) mass is 281 g/mol. The highest BCUT2D eigenvalue weighted by Gasteiger charge is 2.31. The maximum atomic E-state index is 12.7. The Morgan fingerprint density at radius 2 is 1.95 bits per heavy atom. The van der Waals surface area contributed by atoms with Gasteiger partial charge in [-0.1, -0.05) is 12.1 Å². The van der Waals surface area contributed by atoms with Gasteiger partial charge in [0.05, 0.1) is 17.3 Å². The number of pyridine rings is 1. The SMILES string of the molecule is Cc1ccnc(C(NN)c2cccc(C(F)(F)F)c2)c1. The third-order valence-corrected chi connectivity index (χ3v) is 2.95. The molecule has 3 N–H and O–H groups in total. The molecule has 0 aliphatic heterocycles. The van der Waals surface area contributed by atoms with Gasteiger partial charge in [0.2, 0.25) is 0 Å². The fourth-order valence-electron chi connectivity index (χ4n) is 1.96. The largest absolute Gasteiger partial charge is 0.416 e. The first-order valence-corrected chi connectivity index (χ1v) is 5.97. The second-order valence-electron chi connectivity index (χ2n) is 4.48. The zero-order valence-corrected chi connectivity index (χ0v) is 10.8. The Morgan fingerprint density at radius 1 is 1.20 bits per heavy atom. The van der Waals surface area contributed by atoms with Gasteiger partial charge >= 0.3 is 6.18 Å². The third kappa shape index (κ3) is 3.15. The van der Waals surface area contributed by atoms with Crippen LogP contribution in [0.25, 0.3) is 0 Å². The summed E-state index contributed by atoms with van der Waals surface area (Å²) in [6, 6.07) is 8.06. The molecule has 1 heterocycles.